The monoisotopic (exact) mass is 544 g/mol. The van der Waals surface area contributed by atoms with Crippen LogP contribution in [0, 0.1) is 10.8 Å². The molecule has 11 atom stereocenters. The number of hydrogen-bond donors (Lipinski definition) is 2. The van der Waals surface area contributed by atoms with Crippen molar-refractivity contribution < 1.29 is 48.2 Å². The van der Waals surface area contributed by atoms with Crippen molar-refractivity contribution in [1.82, 2.24) is 0 Å². The molecule has 9 unspecified atom stereocenters. The number of aliphatic hydroxyl groups is 2. The Morgan fingerprint density at radius 1 is 1.10 bits per heavy atom. The Morgan fingerprint density at radius 2 is 1.90 bits per heavy atom. The summed E-state index contributed by atoms with van der Waals surface area (Å²) in [5.74, 6) is -1.10. The van der Waals surface area contributed by atoms with E-state index in [9.17, 15) is 19.8 Å². The minimum absolute atomic E-state index is 0.0302. The van der Waals surface area contributed by atoms with Gasteiger partial charge in [-0.2, -0.15) is 0 Å². The highest BCUT2D eigenvalue weighted by Gasteiger charge is 2.83. The van der Waals surface area contributed by atoms with Gasteiger partial charge < -0.3 is 38.6 Å². The van der Waals surface area contributed by atoms with E-state index in [-0.39, 0.29) is 31.8 Å². The molecule has 3 spiro atoms. The lowest BCUT2D eigenvalue weighted by Crippen LogP contribution is -2.67. The molecule has 0 aromatic rings. The van der Waals surface area contributed by atoms with Crippen LogP contribution in [0.4, 0.5) is 0 Å². The van der Waals surface area contributed by atoms with Gasteiger partial charge in [0.25, 0.3) is 0 Å². The SMILES string of the molecule is CC1=CC2O[C@@H]3CC4OC(=O)/C=C\C=C\C5(C(C)O)OCCC6(OC6C(=O)OCC2(CC1)[C@]4(C)C31CO1)C5O. The lowest BCUT2D eigenvalue weighted by atomic mass is 9.51. The molecule has 212 valence electrons. The minimum atomic E-state index is -1.53. The van der Waals surface area contributed by atoms with Crippen LogP contribution >= 0.6 is 0 Å². The normalized spacial score (nSPS) is 54.4. The minimum Gasteiger partial charge on any atom is -0.463 e. The zero-order chi connectivity index (χ0) is 27.4. The van der Waals surface area contributed by atoms with Gasteiger partial charge in [-0.15, -0.1) is 0 Å². The van der Waals surface area contributed by atoms with Crippen LogP contribution in [0.5, 0.6) is 0 Å². The second-order valence-corrected chi connectivity index (χ2v) is 12.6. The summed E-state index contributed by atoms with van der Waals surface area (Å²) in [4.78, 5) is 26.6. The predicted molar refractivity (Wildman–Crippen MR) is 133 cm³/mol. The lowest BCUT2D eigenvalue weighted by molar-refractivity contribution is -0.233. The molecule has 10 nitrogen and oxygen atoms in total. The van der Waals surface area contributed by atoms with Crippen LogP contribution in [0.1, 0.15) is 46.5 Å². The molecule has 0 aromatic heterocycles. The molecule has 39 heavy (non-hydrogen) atoms. The molecule has 5 fully saturated rings. The summed E-state index contributed by atoms with van der Waals surface area (Å²) in [7, 11) is 0. The molecule has 4 bridgehead atoms. The molecule has 5 aliphatic heterocycles. The fourth-order valence-corrected chi connectivity index (χ4v) is 8.37. The van der Waals surface area contributed by atoms with E-state index in [1.165, 1.54) is 36.8 Å². The number of carbonyl (C=O) groups excluding carboxylic acids is 2. The molecular weight excluding hydrogens is 508 g/mol. The van der Waals surface area contributed by atoms with Gasteiger partial charge in [0.1, 0.15) is 35.6 Å². The van der Waals surface area contributed by atoms with E-state index in [0.717, 1.165) is 6.42 Å². The highest BCUT2D eigenvalue weighted by molar-refractivity contribution is 5.82. The van der Waals surface area contributed by atoms with E-state index in [4.69, 9.17) is 28.4 Å². The van der Waals surface area contributed by atoms with Crippen molar-refractivity contribution >= 4 is 11.9 Å². The quantitative estimate of drug-likeness (QED) is 0.282. The fourth-order valence-electron chi connectivity index (χ4n) is 8.37. The highest BCUT2D eigenvalue weighted by atomic mass is 16.7. The van der Waals surface area contributed by atoms with Crippen LogP contribution in [-0.4, -0.2) is 95.4 Å². The Morgan fingerprint density at radius 3 is 2.64 bits per heavy atom. The molecule has 10 heteroatoms. The van der Waals surface area contributed by atoms with Crippen LogP contribution in [0.15, 0.2) is 36.0 Å². The molecule has 7 aliphatic rings. The Kier molecular flexibility index (Phi) is 5.46. The van der Waals surface area contributed by atoms with Gasteiger partial charge in [-0.25, -0.2) is 9.59 Å². The maximum Gasteiger partial charge on any atom is 0.338 e. The molecule has 5 heterocycles. The van der Waals surface area contributed by atoms with Crippen LogP contribution in [0.2, 0.25) is 0 Å². The summed E-state index contributed by atoms with van der Waals surface area (Å²) >= 11 is 0. The van der Waals surface area contributed by atoms with Crippen LogP contribution in [0.25, 0.3) is 0 Å². The first-order chi connectivity index (χ1) is 18.5. The van der Waals surface area contributed by atoms with E-state index in [2.05, 4.69) is 19.9 Å². The summed E-state index contributed by atoms with van der Waals surface area (Å²) in [5.41, 5.74) is -3.53. The van der Waals surface area contributed by atoms with E-state index in [1.807, 2.05) is 0 Å². The van der Waals surface area contributed by atoms with Crippen LogP contribution in [-0.2, 0) is 38.0 Å². The third-order valence-electron chi connectivity index (χ3n) is 11.0. The average Bonchev–Trinajstić information content (AvgIpc) is 3.81. The van der Waals surface area contributed by atoms with Gasteiger partial charge in [-0.3, -0.25) is 0 Å². The maximum atomic E-state index is 13.5. The van der Waals surface area contributed by atoms with E-state index >= 15 is 0 Å². The van der Waals surface area contributed by atoms with Crippen LogP contribution in [0.3, 0.4) is 0 Å². The molecule has 7 rings (SSSR count). The maximum absolute atomic E-state index is 13.5. The summed E-state index contributed by atoms with van der Waals surface area (Å²) in [6, 6.07) is 0. The molecule has 2 N–H and O–H groups in total. The molecule has 2 aliphatic carbocycles. The molecule has 0 amide bonds. The van der Waals surface area contributed by atoms with Gasteiger partial charge in [0, 0.05) is 24.3 Å². The summed E-state index contributed by atoms with van der Waals surface area (Å²) in [6.45, 7) is 6.35. The van der Waals surface area contributed by atoms with Crippen molar-refractivity contribution in [2.45, 2.75) is 99.9 Å². The van der Waals surface area contributed by atoms with Gasteiger partial charge >= 0.3 is 11.9 Å². The number of fused-ring (bicyclic) bond motifs is 1. The highest BCUT2D eigenvalue weighted by Crippen LogP contribution is 2.72. The Hall–Kier alpha value is -2.08. The Bertz CT molecular complexity index is 1190. The molecule has 0 aromatic carbocycles. The summed E-state index contributed by atoms with van der Waals surface area (Å²) in [6.07, 6.45) is 5.66. The van der Waals surface area contributed by atoms with E-state index < -0.39 is 64.0 Å². The van der Waals surface area contributed by atoms with Crippen molar-refractivity contribution in [2.75, 3.05) is 19.8 Å². The van der Waals surface area contributed by atoms with E-state index in [1.54, 1.807) is 0 Å². The first kappa shape index (κ1) is 25.9. The topological polar surface area (TPSA) is 137 Å². The predicted octanol–water partition coefficient (Wildman–Crippen LogP) is 1.28. The first-order valence-electron chi connectivity index (χ1n) is 13.9. The molecule has 4 saturated heterocycles. The third-order valence-corrected chi connectivity index (χ3v) is 11.0. The standard InChI is InChI=1S/C29H36O10/c1-16-7-9-26-14-34-23(32)22-28(39-22)10-11-35-27(17(2)30,24(28)33)8-5-4-6-21(31)38-18-13-20(37-19(26)12-16)29(15-36-29)25(18,26)3/h4-6,8,12,17-20,22,24,30,33H,7,9-11,13-15H2,1-3H3/b6-4-,8-5+/t17?,18?,19?,20-,22?,24?,25-,26?,27?,28?,29?/m1/s1. The number of carbonyl (C=O) groups is 2. The number of hydrogen-bond acceptors (Lipinski definition) is 10. The van der Waals surface area contributed by atoms with Gasteiger partial charge in [0.2, 0.25) is 0 Å². The second kappa shape index (κ2) is 8.24. The van der Waals surface area contributed by atoms with Crippen molar-refractivity contribution in [3.63, 3.8) is 0 Å². The van der Waals surface area contributed by atoms with Crippen molar-refractivity contribution in [3.8, 4) is 0 Å². The number of aliphatic hydroxyl groups excluding tert-OH is 2. The number of ether oxygens (including phenoxy) is 6. The Labute approximate surface area is 226 Å². The number of epoxide rings is 2. The largest absolute Gasteiger partial charge is 0.463 e. The summed E-state index contributed by atoms with van der Waals surface area (Å²) in [5, 5.41) is 22.1. The first-order valence-corrected chi connectivity index (χ1v) is 13.9. The smallest absolute Gasteiger partial charge is 0.338 e. The summed E-state index contributed by atoms with van der Waals surface area (Å²) < 4.78 is 36.7. The number of esters is 2. The number of rotatable bonds is 1. The van der Waals surface area contributed by atoms with Crippen LogP contribution < -0.4 is 0 Å². The van der Waals surface area contributed by atoms with Gasteiger partial charge in [-0.1, -0.05) is 30.7 Å². The molecule has 0 radical (unpaired) electrons. The Balaban J connectivity index is 1.31. The van der Waals surface area contributed by atoms with Gasteiger partial charge in [0.15, 0.2) is 6.10 Å². The van der Waals surface area contributed by atoms with Gasteiger partial charge in [0.05, 0.1) is 36.9 Å². The lowest BCUT2D eigenvalue weighted by Gasteiger charge is -2.58. The van der Waals surface area contributed by atoms with Crippen molar-refractivity contribution in [2.24, 2.45) is 10.8 Å². The number of allylic oxidation sites excluding steroid dienone is 3. The zero-order valence-corrected chi connectivity index (χ0v) is 22.5. The van der Waals surface area contributed by atoms with Crippen molar-refractivity contribution in [3.05, 3.63) is 36.0 Å². The van der Waals surface area contributed by atoms with E-state index in [0.29, 0.717) is 19.4 Å². The molecule has 1 saturated carbocycles. The van der Waals surface area contributed by atoms with Crippen molar-refractivity contribution in [1.29, 1.82) is 0 Å². The third kappa shape index (κ3) is 3.18. The zero-order valence-electron chi connectivity index (χ0n) is 22.5. The fraction of sp³-hybridized carbons (Fsp3) is 0.724. The number of cyclic esters (lactones) is 1. The molecular formula is C29H36O10. The van der Waals surface area contributed by atoms with Gasteiger partial charge in [-0.05, 0) is 32.8 Å². The average molecular weight is 545 g/mol. The second-order valence-electron chi connectivity index (χ2n) is 12.6.